The molecule has 4 aromatic rings. The predicted octanol–water partition coefficient (Wildman–Crippen LogP) is 6.12. The van der Waals surface area contributed by atoms with Crippen molar-refractivity contribution >= 4 is 22.6 Å². The van der Waals surface area contributed by atoms with E-state index in [1.54, 1.807) is 6.92 Å². The summed E-state index contributed by atoms with van der Waals surface area (Å²) in [6, 6.07) is 2.55. The summed E-state index contributed by atoms with van der Waals surface area (Å²) in [7, 11) is 0. The van der Waals surface area contributed by atoms with Crippen molar-refractivity contribution in [3.8, 4) is 11.3 Å². The fourth-order valence-electron chi connectivity index (χ4n) is 4.73. The summed E-state index contributed by atoms with van der Waals surface area (Å²) in [4.78, 5) is 18.8. The van der Waals surface area contributed by atoms with Gasteiger partial charge in [-0.15, -0.1) is 0 Å². The van der Waals surface area contributed by atoms with Gasteiger partial charge >= 0.3 is 6.18 Å². The Morgan fingerprint density at radius 1 is 1.08 bits per heavy atom. The molecule has 0 saturated heterocycles. The zero-order chi connectivity index (χ0) is 27.2. The Labute approximate surface area is 211 Å². The van der Waals surface area contributed by atoms with Crippen LogP contribution in [0.4, 0.5) is 32.2 Å². The third kappa shape index (κ3) is 5.04. The van der Waals surface area contributed by atoms with Gasteiger partial charge in [0.2, 0.25) is 5.76 Å². The summed E-state index contributed by atoms with van der Waals surface area (Å²) in [5.41, 5.74) is -1.96. The highest BCUT2D eigenvalue weighted by Crippen LogP contribution is 2.41. The first-order valence-electron chi connectivity index (χ1n) is 11.7. The largest absolute Gasteiger partial charge is 0.418 e. The SMILES string of the molecule is Cc1cc(C(=O)N[C@H]2CCC[C@@H](Nc3nc(-c4c[nH]c5c(F)cc(F)cc45)c(C(F)(F)F)cc3F)C2)on1. The highest BCUT2D eigenvalue weighted by atomic mass is 19.4. The molecular formula is C25H21F6N5O2. The molecule has 0 bridgehead atoms. The van der Waals surface area contributed by atoms with E-state index in [2.05, 4.69) is 25.8 Å². The summed E-state index contributed by atoms with van der Waals surface area (Å²) < 4.78 is 89.4. The fraction of sp³-hybridized carbons (Fsp3) is 0.320. The molecule has 0 radical (unpaired) electrons. The zero-order valence-electron chi connectivity index (χ0n) is 19.8. The van der Waals surface area contributed by atoms with Gasteiger partial charge in [-0.3, -0.25) is 4.79 Å². The maximum absolute atomic E-state index is 14.9. The first-order chi connectivity index (χ1) is 18.0. The smallest absolute Gasteiger partial charge is 0.365 e. The van der Waals surface area contributed by atoms with E-state index in [0.717, 1.165) is 12.3 Å². The highest BCUT2D eigenvalue weighted by Gasteiger charge is 2.37. The summed E-state index contributed by atoms with van der Waals surface area (Å²) >= 11 is 0. The van der Waals surface area contributed by atoms with Crippen LogP contribution in [0.15, 0.2) is 35.0 Å². The zero-order valence-corrected chi connectivity index (χ0v) is 19.8. The Morgan fingerprint density at radius 2 is 1.84 bits per heavy atom. The van der Waals surface area contributed by atoms with E-state index in [1.165, 1.54) is 6.07 Å². The quantitative estimate of drug-likeness (QED) is 0.267. The van der Waals surface area contributed by atoms with Crippen LogP contribution >= 0.6 is 0 Å². The van der Waals surface area contributed by atoms with E-state index in [4.69, 9.17) is 4.52 Å². The molecule has 2 atom stereocenters. The number of fused-ring (bicyclic) bond motifs is 1. The minimum absolute atomic E-state index is 0.0456. The van der Waals surface area contributed by atoms with Gasteiger partial charge in [0.1, 0.15) is 11.6 Å². The number of nitrogens with one attached hydrogen (secondary N) is 3. The molecule has 1 amide bonds. The average molecular weight is 537 g/mol. The number of halogens is 6. The number of pyridine rings is 1. The van der Waals surface area contributed by atoms with Crippen LogP contribution in [0.1, 0.15) is 47.5 Å². The number of carbonyl (C=O) groups excluding carboxylic acids is 1. The molecule has 1 saturated carbocycles. The van der Waals surface area contributed by atoms with E-state index in [0.29, 0.717) is 43.5 Å². The van der Waals surface area contributed by atoms with Crippen molar-refractivity contribution in [3.05, 3.63) is 64.9 Å². The molecule has 3 heterocycles. The number of benzene rings is 1. The van der Waals surface area contributed by atoms with E-state index < -0.39 is 52.7 Å². The number of aromatic amines is 1. The Morgan fingerprint density at radius 3 is 2.55 bits per heavy atom. The number of hydrogen-bond acceptors (Lipinski definition) is 5. The topological polar surface area (TPSA) is 95.8 Å². The summed E-state index contributed by atoms with van der Waals surface area (Å²) in [5.74, 6) is -4.07. The van der Waals surface area contributed by atoms with E-state index in [9.17, 15) is 31.1 Å². The monoisotopic (exact) mass is 537 g/mol. The lowest BCUT2D eigenvalue weighted by atomic mass is 9.90. The van der Waals surface area contributed by atoms with Crippen molar-refractivity contribution in [2.24, 2.45) is 0 Å². The second-order valence-electron chi connectivity index (χ2n) is 9.24. The number of H-pyrrole nitrogens is 1. The van der Waals surface area contributed by atoms with Crippen LogP contribution < -0.4 is 10.6 Å². The van der Waals surface area contributed by atoms with Crippen LogP contribution in [0.2, 0.25) is 0 Å². The Kier molecular flexibility index (Phi) is 6.53. The first kappa shape index (κ1) is 25.6. The lowest BCUT2D eigenvalue weighted by Crippen LogP contribution is -2.42. The van der Waals surface area contributed by atoms with Gasteiger partial charge in [-0.25, -0.2) is 18.2 Å². The lowest BCUT2D eigenvalue weighted by Gasteiger charge is -2.30. The molecule has 7 nitrogen and oxygen atoms in total. The predicted molar refractivity (Wildman–Crippen MR) is 125 cm³/mol. The standard InChI is InChI=1S/C25H21F6N5O2/c1-11-5-20(38-36-11)24(37)34-14-4-2-3-13(8-14)33-23-19(28)9-17(25(29,30)31)21(35-23)16-10-32-22-15(16)6-12(26)7-18(22)27/h5-7,9-10,13-14,32H,2-4,8H2,1H3,(H,33,35)(H,34,37)/t13-,14+/m1/s1. The minimum atomic E-state index is -4.99. The molecule has 1 fully saturated rings. The van der Waals surface area contributed by atoms with Gasteiger partial charge < -0.3 is 20.1 Å². The van der Waals surface area contributed by atoms with Gasteiger partial charge in [0.25, 0.3) is 5.91 Å². The number of amides is 1. The molecule has 5 rings (SSSR count). The Balaban J connectivity index is 1.44. The molecule has 3 aromatic heterocycles. The molecule has 1 aliphatic carbocycles. The highest BCUT2D eigenvalue weighted by molar-refractivity contribution is 5.96. The van der Waals surface area contributed by atoms with Gasteiger partial charge in [-0.05, 0) is 44.7 Å². The molecule has 3 N–H and O–H groups in total. The van der Waals surface area contributed by atoms with Crippen molar-refractivity contribution in [1.82, 2.24) is 20.4 Å². The van der Waals surface area contributed by atoms with Gasteiger partial charge in [0.15, 0.2) is 11.6 Å². The molecule has 13 heteroatoms. The average Bonchev–Trinajstić information content (AvgIpc) is 3.46. The Hall–Kier alpha value is -4.03. The van der Waals surface area contributed by atoms with Gasteiger partial charge in [-0.1, -0.05) is 5.16 Å². The number of aromatic nitrogens is 3. The van der Waals surface area contributed by atoms with Crippen LogP contribution in [0.5, 0.6) is 0 Å². The molecule has 38 heavy (non-hydrogen) atoms. The second-order valence-corrected chi connectivity index (χ2v) is 9.24. The van der Waals surface area contributed by atoms with Gasteiger partial charge in [0, 0.05) is 41.4 Å². The van der Waals surface area contributed by atoms with Crippen molar-refractivity contribution in [3.63, 3.8) is 0 Å². The summed E-state index contributed by atoms with van der Waals surface area (Å²) in [6.07, 6.45) is -1.74. The van der Waals surface area contributed by atoms with Crippen molar-refractivity contribution in [1.29, 1.82) is 0 Å². The lowest BCUT2D eigenvalue weighted by molar-refractivity contribution is -0.137. The first-order valence-corrected chi connectivity index (χ1v) is 11.7. The van der Waals surface area contributed by atoms with Crippen molar-refractivity contribution in [2.45, 2.75) is 50.9 Å². The summed E-state index contributed by atoms with van der Waals surface area (Å²) in [5, 5.41) is 9.18. The maximum Gasteiger partial charge on any atom is 0.418 e. The van der Waals surface area contributed by atoms with Crippen LogP contribution in [0, 0.1) is 24.4 Å². The van der Waals surface area contributed by atoms with Crippen LogP contribution in [0.25, 0.3) is 22.2 Å². The molecule has 1 aliphatic rings. The van der Waals surface area contributed by atoms with E-state index >= 15 is 0 Å². The molecule has 0 aliphatic heterocycles. The van der Waals surface area contributed by atoms with Crippen LogP contribution in [-0.2, 0) is 6.18 Å². The number of carbonyl (C=O) groups is 1. The van der Waals surface area contributed by atoms with E-state index in [-0.39, 0.29) is 28.3 Å². The number of hydrogen-bond donors (Lipinski definition) is 3. The molecular weight excluding hydrogens is 516 g/mol. The fourth-order valence-corrected chi connectivity index (χ4v) is 4.73. The van der Waals surface area contributed by atoms with Crippen LogP contribution in [0.3, 0.4) is 0 Å². The second kappa shape index (κ2) is 9.69. The van der Waals surface area contributed by atoms with Crippen molar-refractivity contribution < 1.29 is 35.7 Å². The number of alkyl halides is 3. The maximum atomic E-state index is 14.9. The minimum Gasteiger partial charge on any atom is -0.365 e. The van der Waals surface area contributed by atoms with E-state index in [1.807, 2.05) is 0 Å². The number of rotatable bonds is 5. The molecule has 0 spiro atoms. The number of nitrogens with zero attached hydrogens (tertiary/aromatic N) is 2. The molecule has 200 valence electrons. The van der Waals surface area contributed by atoms with Crippen LogP contribution in [-0.4, -0.2) is 33.1 Å². The van der Waals surface area contributed by atoms with Gasteiger partial charge in [-0.2, -0.15) is 13.2 Å². The Bertz CT molecular complexity index is 1510. The third-order valence-corrected chi connectivity index (χ3v) is 6.44. The molecule has 1 aromatic carbocycles. The normalized spacial score (nSPS) is 18.1. The molecule has 0 unspecified atom stereocenters. The van der Waals surface area contributed by atoms with Crippen molar-refractivity contribution in [2.75, 3.05) is 5.32 Å². The number of aryl methyl sites for hydroxylation is 1. The van der Waals surface area contributed by atoms with Gasteiger partial charge in [0.05, 0.1) is 22.5 Å². The third-order valence-electron chi connectivity index (χ3n) is 6.44. The summed E-state index contributed by atoms with van der Waals surface area (Å²) in [6.45, 7) is 1.67. The number of anilines is 1.